The number of rotatable bonds is 6. The Balaban J connectivity index is 2.01. The minimum Gasteiger partial charge on any atom is -0.508 e. The van der Waals surface area contributed by atoms with Crippen LogP contribution in [-0.2, 0) is 4.74 Å². The molecule has 4 nitrogen and oxygen atoms in total. The van der Waals surface area contributed by atoms with Crippen molar-refractivity contribution < 1.29 is 9.84 Å². The van der Waals surface area contributed by atoms with Crippen LogP contribution in [0.5, 0.6) is 5.75 Å². The van der Waals surface area contributed by atoms with Crippen molar-refractivity contribution in [1.82, 2.24) is 5.32 Å². The van der Waals surface area contributed by atoms with Gasteiger partial charge in [-0.05, 0) is 38.3 Å². The van der Waals surface area contributed by atoms with Gasteiger partial charge in [-0.3, -0.25) is 0 Å². The number of benzene rings is 1. The van der Waals surface area contributed by atoms with E-state index in [-0.39, 0.29) is 6.04 Å². The third kappa shape index (κ3) is 4.35. The number of nitrogens with zero attached hydrogens (tertiary/aromatic N) is 1. The summed E-state index contributed by atoms with van der Waals surface area (Å²) in [7, 11) is 2.08. The Bertz CT molecular complexity index is 444. The first kappa shape index (κ1) is 16.1. The molecule has 2 atom stereocenters. The lowest BCUT2D eigenvalue weighted by Crippen LogP contribution is -2.30. The van der Waals surface area contributed by atoms with Gasteiger partial charge in [-0.1, -0.05) is 13.0 Å². The summed E-state index contributed by atoms with van der Waals surface area (Å²) in [6, 6.07) is 6.15. The van der Waals surface area contributed by atoms with Crippen LogP contribution in [0.3, 0.4) is 0 Å². The minimum absolute atomic E-state index is 0.168. The zero-order chi connectivity index (χ0) is 15.2. The average molecular weight is 292 g/mol. The lowest BCUT2D eigenvalue weighted by atomic mass is 10.0. The summed E-state index contributed by atoms with van der Waals surface area (Å²) < 4.78 is 5.54. The Kier molecular flexibility index (Phi) is 5.88. The molecule has 4 heteroatoms. The van der Waals surface area contributed by atoms with Gasteiger partial charge >= 0.3 is 0 Å². The van der Waals surface area contributed by atoms with Gasteiger partial charge in [0.1, 0.15) is 5.75 Å². The first-order valence-electron chi connectivity index (χ1n) is 7.97. The van der Waals surface area contributed by atoms with E-state index in [0.29, 0.717) is 11.7 Å². The summed E-state index contributed by atoms with van der Waals surface area (Å²) in [4.78, 5) is 2.21. The van der Waals surface area contributed by atoms with E-state index in [9.17, 15) is 5.11 Å². The van der Waals surface area contributed by atoms with Crippen LogP contribution in [0.2, 0.25) is 0 Å². The SMILES string of the molecule is CCNC(C)c1ccc(N(C)CC2CCCOC2)cc1O. The molecule has 0 spiro atoms. The molecule has 1 heterocycles. The molecule has 21 heavy (non-hydrogen) atoms. The highest BCUT2D eigenvalue weighted by molar-refractivity contribution is 5.53. The van der Waals surface area contributed by atoms with E-state index in [4.69, 9.17) is 4.74 Å². The van der Waals surface area contributed by atoms with Crippen LogP contribution >= 0.6 is 0 Å². The molecule has 118 valence electrons. The van der Waals surface area contributed by atoms with Crippen molar-refractivity contribution >= 4 is 5.69 Å². The molecule has 0 radical (unpaired) electrons. The van der Waals surface area contributed by atoms with Crippen molar-refractivity contribution in [2.75, 3.05) is 38.3 Å². The van der Waals surface area contributed by atoms with Gasteiger partial charge in [-0.15, -0.1) is 0 Å². The standard InChI is InChI=1S/C17H28N2O2/c1-4-18-13(2)16-8-7-15(10-17(16)20)19(3)11-14-6-5-9-21-12-14/h7-8,10,13-14,18,20H,4-6,9,11-12H2,1-3H3. The number of ether oxygens (including phenoxy) is 1. The Morgan fingerprint density at radius 2 is 2.29 bits per heavy atom. The molecule has 0 bridgehead atoms. The Morgan fingerprint density at radius 3 is 2.90 bits per heavy atom. The smallest absolute Gasteiger partial charge is 0.122 e. The highest BCUT2D eigenvalue weighted by Crippen LogP contribution is 2.29. The predicted molar refractivity (Wildman–Crippen MR) is 87.0 cm³/mol. The molecule has 2 N–H and O–H groups in total. The first-order valence-corrected chi connectivity index (χ1v) is 7.97. The van der Waals surface area contributed by atoms with Crippen LogP contribution in [-0.4, -0.2) is 38.5 Å². The van der Waals surface area contributed by atoms with Gasteiger partial charge in [0.25, 0.3) is 0 Å². The van der Waals surface area contributed by atoms with Crippen LogP contribution in [0.1, 0.15) is 38.3 Å². The molecule has 1 aliphatic rings. The van der Waals surface area contributed by atoms with Gasteiger partial charge in [0.05, 0.1) is 6.61 Å². The Morgan fingerprint density at radius 1 is 1.48 bits per heavy atom. The van der Waals surface area contributed by atoms with Crippen molar-refractivity contribution in [3.05, 3.63) is 23.8 Å². The Labute approximate surface area is 128 Å². The summed E-state index contributed by atoms with van der Waals surface area (Å²) in [6.45, 7) is 7.76. The summed E-state index contributed by atoms with van der Waals surface area (Å²) >= 11 is 0. The number of hydrogen-bond donors (Lipinski definition) is 2. The van der Waals surface area contributed by atoms with Gasteiger partial charge in [-0.25, -0.2) is 0 Å². The van der Waals surface area contributed by atoms with Gasteiger partial charge < -0.3 is 20.1 Å². The summed E-state index contributed by atoms with van der Waals surface area (Å²) in [5.41, 5.74) is 2.01. The summed E-state index contributed by atoms with van der Waals surface area (Å²) in [5.74, 6) is 0.957. The molecule has 0 aromatic heterocycles. The number of hydrogen-bond acceptors (Lipinski definition) is 4. The zero-order valence-electron chi connectivity index (χ0n) is 13.4. The molecule has 1 aromatic rings. The maximum atomic E-state index is 10.3. The van der Waals surface area contributed by atoms with Crippen molar-refractivity contribution in [1.29, 1.82) is 0 Å². The number of nitrogens with one attached hydrogen (secondary N) is 1. The first-order chi connectivity index (χ1) is 10.1. The van der Waals surface area contributed by atoms with Crippen molar-refractivity contribution in [3.63, 3.8) is 0 Å². The fourth-order valence-electron chi connectivity index (χ4n) is 3.00. The fourth-order valence-corrected chi connectivity index (χ4v) is 3.00. The van der Waals surface area contributed by atoms with Gasteiger partial charge in [-0.2, -0.15) is 0 Å². The highest BCUT2D eigenvalue weighted by Gasteiger charge is 2.17. The molecule has 0 aliphatic carbocycles. The molecule has 1 aromatic carbocycles. The fraction of sp³-hybridized carbons (Fsp3) is 0.647. The van der Waals surface area contributed by atoms with E-state index < -0.39 is 0 Å². The molecular formula is C17H28N2O2. The number of phenolic OH excluding ortho intramolecular Hbond substituents is 1. The summed E-state index contributed by atoms with van der Waals surface area (Å²) in [5, 5.41) is 13.6. The van der Waals surface area contributed by atoms with Crippen LogP contribution in [0.25, 0.3) is 0 Å². The second kappa shape index (κ2) is 7.66. The van der Waals surface area contributed by atoms with Crippen LogP contribution in [0.15, 0.2) is 18.2 Å². The molecule has 0 amide bonds. The predicted octanol–water partition coefficient (Wildman–Crippen LogP) is 2.93. The maximum absolute atomic E-state index is 10.3. The van der Waals surface area contributed by atoms with Gasteiger partial charge in [0.2, 0.25) is 0 Å². The van der Waals surface area contributed by atoms with Crippen LogP contribution in [0, 0.1) is 5.92 Å². The topological polar surface area (TPSA) is 44.7 Å². The van der Waals surface area contributed by atoms with Crippen molar-refractivity contribution in [3.8, 4) is 5.75 Å². The zero-order valence-corrected chi connectivity index (χ0v) is 13.4. The minimum atomic E-state index is 0.168. The molecule has 1 saturated heterocycles. The number of aromatic hydroxyl groups is 1. The lowest BCUT2D eigenvalue weighted by molar-refractivity contribution is 0.0576. The number of phenols is 1. The second-order valence-electron chi connectivity index (χ2n) is 5.99. The largest absolute Gasteiger partial charge is 0.508 e. The molecule has 2 rings (SSSR count). The lowest BCUT2D eigenvalue weighted by Gasteiger charge is -2.29. The third-order valence-electron chi connectivity index (χ3n) is 4.22. The summed E-state index contributed by atoms with van der Waals surface area (Å²) in [6.07, 6.45) is 2.38. The number of anilines is 1. The average Bonchev–Trinajstić information content (AvgIpc) is 2.48. The molecule has 1 aliphatic heterocycles. The van der Waals surface area contributed by atoms with E-state index in [1.165, 1.54) is 6.42 Å². The monoisotopic (exact) mass is 292 g/mol. The van der Waals surface area contributed by atoms with Crippen molar-refractivity contribution in [2.45, 2.75) is 32.7 Å². The van der Waals surface area contributed by atoms with E-state index in [0.717, 1.165) is 44.0 Å². The van der Waals surface area contributed by atoms with Crippen LogP contribution in [0.4, 0.5) is 5.69 Å². The van der Waals surface area contributed by atoms with Crippen LogP contribution < -0.4 is 10.2 Å². The molecular weight excluding hydrogens is 264 g/mol. The molecule has 0 saturated carbocycles. The van der Waals surface area contributed by atoms with E-state index in [1.54, 1.807) is 0 Å². The Hall–Kier alpha value is -1.26. The highest BCUT2D eigenvalue weighted by atomic mass is 16.5. The van der Waals surface area contributed by atoms with Gasteiger partial charge in [0, 0.05) is 43.6 Å². The molecule has 1 fully saturated rings. The van der Waals surface area contributed by atoms with E-state index in [2.05, 4.69) is 37.2 Å². The third-order valence-corrected chi connectivity index (χ3v) is 4.22. The normalized spacial score (nSPS) is 20.2. The quantitative estimate of drug-likeness (QED) is 0.846. The molecule has 2 unspecified atom stereocenters. The van der Waals surface area contributed by atoms with Gasteiger partial charge in [0.15, 0.2) is 0 Å². The van der Waals surface area contributed by atoms with E-state index in [1.807, 2.05) is 12.1 Å². The van der Waals surface area contributed by atoms with E-state index >= 15 is 0 Å². The van der Waals surface area contributed by atoms with Crippen molar-refractivity contribution in [2.24, 2.45) is 5.92 Å². The second-order valence-corrected chi connectivity index (χ2v) is 5.99. The maximum Gasteiger partial charge on any atom is 0.122 e.